The average molecular weight is 259 g/mol. The molecule has 0 aromatic heterocycles. The maximum atomic E-state index is 12.7. The van der Waals surface area contributed by atoms with Crippen LogP contribution in [0.1, 0.15) is 12.8 Å². The van der Waals surface area contributed by atoms with Gasteiger partial charge in [0.2, 0.25) is 5.91 Å². The molecule has 0 aliphatic carbocycles. The van der Waals surface area contributed by atoms with E-state index in [0.717, 1.165) is 50.4 Å². The van der Waals surface area contributed by atoms with E-state index in [2.05, 4.69) is 29.4 Å². The summed E-state index contributed by atoms with van der Waals surface area (Å²) < 4.78 is 0. The average Bonchev–Trinajstić information content (AvgIpc) is 2.48. The Morgan fingerprint density at radius 3 is 2.58 bits per heavy atom. The number of hydrogen-bond acceptors (Lipinski definition) is 3. The number of hydrogen-bond donors (Lipinski definition) is 1. The van der Waals surface area contributed by atoms with Gasteiger partial charge in [-0.25, -0.2) is 0 Å². The van der Waals surface area contributed by atoms with Crippen molar-refractivity contribution in [2.45, 2.75) is 12.8 Å². The van der Waals surface area contributed by atoms with Gasteiger partial charge >= 0.3 is 0 Å². The maximum absolute atomic E-state index is 12.7. The first-order valence-electron chi connectivity index (χ1n) is 7.09. The van der Waals surface area contributed by atoms with E-state index in [-0.39, 0.29) is 5.92 Å². The molecule has 2 aliphatic heterocycles. The number of benzene rings is 1. The van der Waals surface area contributed by atoms with E-state index in [9.17, 15) is 4.79 Å². The molecule has 2 aliphatic rings. The highest BCUT2D eigenvalue weighted by atomic mass is 16.2. The summed E-state index contributed by atoms with van der Waals surface area (Å²) in [5.74, 6) is 0.500. The molecule has 0 radical (unpaired) electrons. The van der Waals surface area contributed by atoms with Crippen LogP contribution in [-0.4, -0.2) is 39.1 Å². The van der Waals surface area contributed by atoms with Gasteiger partial charge in [-0.2, -0.15) is 0 Å². The Hall–Kier alpha value is -1.55. The standard InChI is InChI=1S/C15H21N3O/c1-17-10-11-18(14-5-3-2-4-13(14)17)15(19)12-6-8-16-9-7-12/h2-5,12,16H,6-11H2,1H3. The molecular weight excluding hydrogens is 238 g/mol. The van der Waals surface area contributed by atoms with Crippen LogP contribution in [-0.2, 0) is 4.79 Å². The van der Waals surface area contributed by atoms with Gasteiger partial charge in [0.1, 0.15) is 0 Å². The Labute approximate surface area is 114 Å². The van der Waals surface area contributed by atoms with Crippen molar-refractivity contribution in [3.8, 4) is 0 Å². The third kappa shape index (κ3) is 2.32. The predicted octanol–water partition coefficient (Wildman–Crippen LogP) is 1.47. The number of rotatable bonds is 1. The van der Waals surface area contributed by atoms with Gasteiger partial charge < -0.3 is 15.1 Å². The zero-order valence-corrected chi connectivity index (χ0v) is 11.4. The van der Waals surface area contributed by atoms with Crippen LogP contribution in [0.25, 0.3) is 0 Å². The molecule has 0 unspecified atom stereocenters. The number of piperidine rings is 1. The molecule has 1 aromatic rings. The second-order valence-electron chi connectivity index (χ2n) is 5.42. The number of nitrogens with one attached hydrogen (secondary N) is 1. The molecule has 3 rings (SSSR count). The van der Waals surface area contributed by atoms with Gasteiger partial charge in [0.05, 0.1) is 11.4 Å². The lowest BCUT2D eigenvalue weighted by Gasteiger charge is -2.38. The third-order valence-corrected chi connectivity index (χ3v) is 4.20. The number of amides is 1. The smallest absolute Gasteiger partial charge is 0.230 e. The number of carbonyl (C=O) groups excluding carboxylic acids is 1. The monoisotopic (exact) mass is 259 g/mol. The minimum Gasteiger partial charge on any atom is -0.371 e. The summed E-state index contributed by atoms with van der Waals surface area (Å²) in [6.07, 6.45) is 1.93. The quantitative estimate of drug-likeness (QED) is 0.829. The first-order chi connectivity index (χ1) is 9.27. The summed E-state index contributed by atoms with van der Waals surface area (Å²) in [7, 11) is 2.09. The Morgan fingerprint density at radius 2 is 1.84 bits per heavy atom. The number of anilines is 2. The first kappa shape index (κ1) is 12.5. The second-order valence-corrected chi connectivity index (χ2v) is 5.42. The molecule has 102 valence electrons. The van der Waals surface area contributed by atoms with E-state index in [0.29, 0.717) is 5.91 Å². The molecule has 2 heterocycles. The summed E-state index contributed by atoms with van der Waals surface area (Å²) >= 11 is 0. The molecule has 0 saturated carbocycles. The Kier molecular flexibility index (Phi) is 3.42. The number of nitrogens with zero attached hydrogens (tertiary/aromatic N) is 2. The van der Waals surface area contributed by atoms with Crippen molar-refractivity contribution in [3.63, 3.8) is 0 Å². The van der Waals surface area contributed by atoms with E-state index >= 15 is 0 Å². The van der Waals surface area contributed by atoms with Crippen LogP contribution >= 0.6 is 0 Å². The zero-order valence-electron chi connectivity index (χ0n) is 11.4. The molecule has 1 saturated heterocycles. The molecule has 1 amide bonds. The van der Waals surface area contributed by atoms with E-state index in [1.165, 1.54) is 0 Å². The summed E-state index contributed by atoms with van der Waals surface area (Å²) in [6, 6.07) is 8.20. The second kappa shape index (κ2) is 5.21. The fourth-order valence-electron chi connectivity index (χ4n) is 3.02. The van der Waals surface area contributed by atoms with Crippen LogP contribution in [0.15, 0.2) is 24.3 Å². The molecule has 19 heavy (non-hydrogen) atoms. The molecule has 4 nitrogen and oxygen atoms in total. The summed E-state index contributed by atoms with van der Waals surface area (Å²) in [4.78, 5) is 16.9. The van der Waals surface area contributed by atoms with E-state index in [1.807, 2.05) is 17.0 Å². The fraction of sp³-hybridized carbons (Fsp3) is 0.533. The van der Waals surface area contributed by atoms with Gasteiger partial charge in [-0.15, -0.1) is 0 Å². The van der Waals surface area contributed by atoms with Crippen molar-refractivity contribution in [1.82, 2.24) is 5.32 Å². The molecule has 4 heteroatoms. The van der Waals surface area contributed by atoms with Gasteiger partial charge in [0.15, 0.2) is 0 Å². The maximum Gasteiger partial charge on any atom is 0.230 e. The Bertz CT molecular complexity index is 468. The van der Waals surface area contributed by atoms with Crippen LogP contribution in [0, 0.1) is 5.92 Å². The van der Waals surface area contributed by atoms with E-state index in [4.69, 9.17) is 0 Å². The van der Waals surface area contributed by atoms with Crippen LogP contribution < -0.4 is 15.1 Å². The van der Waals surface area contributed by atoms with Crippen molar-refractivity contribution < 1.29 is 4.79 Å². The van der Waals surface area contributed by atoms with Crippen molar-refractivity contribution >= 4 is 17.3 Å². The van der Waals surface area contributed by atoms with Crippen LogP contribution in [0.4, 0.5) is 11.4 Å². The van der Waals surface area contributed by atoms with Crippen molar-refractivity contribution in [2.75, 3.05) is 43.0 Å². The SMILES string of the molecule is CN1CCN(C(=O)C2CCNCC2)c2ccccc21. The number of carbonyl (C=O) groups is 1. The zero-order chi connectivity index (χ0) is 13.2. The van der Waals surface area contributed by atoms with Crippen LogP contribution in [0.5, 0.6) is 0 Å². The first-order valence-corrected chi connectivity index (χ1v) is 7.09. The van der Waals surface area contributed by atoms with E-state index in [1.54, 1.807) is 0 Å². The third-order valence-electron chi connectivity index (χ3n) is 4.20. The molecule has 1 aromatic carbocycles. The Morgan fingerprint density at radius 1 is 1.16 bits per heavy atom. The summed E-state index contributed by atoms with van der Waals surface area (Å²) in [5.41, 5.74) is 2.23. The number of likely N-dealkylation sites (N-methyl/N-ethyl adjacent to an activating group) is 1. The molecule has 1 fully saturated rings. The van der Waals surface area contributed by atoms with Gasteiger partial charge in [0.25, 0.3) is 0 Å². The largest absolute Gasteiger partial charge is 0.371 e. The number of fused-ring (bicyclic) bond motifs is 1. The normalized spacial score (nSPS) is 20.3. The molecule has 1 N–H and O–H groups in total. The molecule has 0 spiro atoms. The van der Waals surface area contributed by atoms with Crippen molar-refractivity contribution in [1.29, 1.82) is 0 Å². The highest BCUT2D eigenvalue weighted by molar-refractivity contribution is 5.99. The minimum atomic E-state index is 0.192. The van der Waals surface area contributed by atoms with Gasteiger partial charge in [0, 0.05) is 26.1 Å². The topological polar surface area (TPSA) is 35.6 Å². The lowest BCUT2D eigenvalue weighted by Crippen LogP contribution is -2.47. The predicted molar refractivity (Wildman–Crippen MR) is 77.7 cm³/mol. The van der Waals surface area contributed by atoms with E-state index < -0.39 is 0 Å². The molecule has 0 bridgehead atoms. The summed E-state index contributed by atoms with van der Waals surface area (Å²) in [6.45, 7) is 3.64. The van der Waals surface area contributed by atoms with Gasteiger partial charge in [-0.3, -0.25) is 4.79 Å². The van der Waals surface area contributed by atoms with Crippen LogP contribution in [0.3, 0.4) is 0 Å². The highest BCUT2D eigenvalue weighted by Gasteiger charge is 2.30. The Balaban J connectivity index is 1.85. The summed E-state index contributed by atoms with van der Waals surface area (Å²) in [5, 5.41) is 3.32. The molecular formula is C15H21N3O. The highest BCUT2D eigenvalue weighted by Crippen LogP contribution is 2.33. The lowest BCUT2D eigenvalue weighted by molar-refractivity contribution is -0.123. The van der Waals surface area contributed by atoms with Gasteiger partial charge in [-0.1, -0.05) is 12.1 Å². The van der Waals surface area contributed by atoms with Crippen LogP contribution in [0.2, 0.25) is 0 Å². The number of para-hydroxylation sites is 2. The fourth-order valence-corrected chi connectivity index (χ4v) is 3.02. The minimum absolute atomic E-state index is 0.192. The molecule has 0 atom stereocenters. The van der Waals surface area contributed by atoms with Gasteiger partial charge in [-0.05, 0) is 38.1 Å². The van der Waals surface area contributed by atoms with Crippen molar-refractivity contribution in [2.24, 2.45) is 5.92 Å². The lowest BCUT2D eigenvalue weighted by atomic mass is 9.95. The van der Waals surface area contributed by atoms with Crippen molar-refractivity contribution in [3.05, 3.63) is 24.3 Å².